The number of fused-ring (bicyclic) bond motifs is 1. The molecule has 2 aromatic carbocycles. The van der Waals surface area contributed by atoms with Gasteiger partial charge in [0.25, 0.3) is 5.91 Å². The van der Waals surface area contributed by atoms with E-state index in [-0.39, 0.29) is 5.91 Å². The van der Waals surface area contributed by atoms with Gasteiger partial charge in [-0.1, -0.05) is 6.07 Å². The van der Waals surface area contributed by atoms with E-state index in [0.717, 1.165) is 28.0 Å². The zero-order valence-corrected chi connectivity index (χ0v) is 16.6. The van der Waals surface area contributed by atoms with Gasteiger partial charge in [-0.15, -0.1) is 0 Å². The molecule has 1 amide bonds. The van der Waals surface area contributed by atoms with Gasteiger partial charge in [-0.05, 0) is 49.7 Å². The summed E-state index contributed by atoms with van der Waals surface area (Å²) in [5.74, 6) is 1.03. The minimum absolute atomic E-state index is 0.177. The van der Waals surface area contributed by atoms with Crippen LogP contribution >= 0.6 is 0 Å². The Bertz CT molecular complexity index is 1180. The van der Waals surface area contributed by atoms with Crippen molar-refractivity contribution in [1.82, 2.24) is 19.9 Å². The van der Waals surface area contributed by atoms with Gasteiger partial charge in [-0.25, -0.2) is 9.97 Å². The summed E-state index contributed by atoms with van der Waals surface area (Å²) in [6, 6.07) is 11.2. The van der Waals surface area contributed by atoms with Crippen molar-refractivity contribution in [2.45, 2.75) is 20.3 Å². The zero-order chi connectivity index (χ0) is 20.4. The summed E-state index contributed by atoms with van der Waals surface area (Å²) in [7, 11) is 1.58. The molecule has 0 saturated carbocycles. The lowest BCUT2D eigenvalue weighted by Crippen LogP contribution is -2.25. The first-order valence-electron chi connectivity index (χ1n) is 9.37. The summed E-state index contributed by atoms with van der Waals surface area (Å²) >= 11 is 0. The number of rotatable bonds is 6. The molecule has 0 aliphatic rings. The summed E-state index contributed by atoms with van der Waals surface area (Å²) in [4.78, 5) is 21.2. The van der Waals surface area contributed by atoms with Crippen LogP contribution in [0.2, 0.25) is 0 Å². The van der Waals surface area contributed by atoms with Crippen molar-refractivity contribution in [2.75, 3.05) is 13.7 Å². The highest BCUT2D eigenvalue weighted by atomic mass is 16.5. The SMILES string of the molecule is COc1cc(C(=O)NCCc2nc3cc(C)ccc3o2)ccc1-n1cnc(C)c1. The second-order valence-corrected chi connectivity index (χ2v) is 6.89. The number of hydrogen-bond donors (Lipinski definition) is 1. The number of oxazole rings is 1. The number of carbonyl (C=O) groups is 1. The van der Waals surface area contributed by atoms with Crippen LogP contribution in [0.1, 0.15) is 27.5 Å². The zero-order valence-electron chi connectivity index (χ0n) is 16.6. The van der Waals surface area contributed by atoms with Gasteiger partial charge in [0.15, 0.2) is 11.5 Å². The van der Waals surface area contributed by atoms with Crippen molar-refractivity contribution in [1.29, 1.82) is 0 Å². The fourth-order valence-corrected chi connectivity index (χ4v) is 3.16. The number of carbonyl (C=O) groups excluding carboxylic acids is 1. The number of aromatic nitrogens is 3. The Morgan fingerprint density at radius 2 is 2.07 bits per heavy atom. The van der Waals surface area contributed by atoms with Crippen molar-refractivity contribution in [3.8, 4) is 11.4 Å². The standard InChI is InChI=1S/C22H22N4O3/c1-14-4-7-19-17(10-14)25-21(29-19)8-9-23-22(27)16-5-6-18(20(11-16)28-3)26-12-15(2)24-13-26/h4-7,10-13H,8-9H2,1-3H3,(H,23,27). The highest BCUT2D eigenvalue weighted by molar-refractivity contribution is 5.95. The molecule has 0 aliphatic carbocycles. The van der Waals surface area contributed by atoms with E-state index >= 15 is 0 Å². The van der Waals surface area contributed by atoms with Crippen LogP contribution in [0.15, 0.2) is 53.3 Å². The molecule has 0 atom stereocenters. The first-order chi connectivity index (χ1) is 14.0. The molecule has 0 unspecified atom stereocenters. The van der Waals surface area contributed by atoms with E-state index in [0.29, 0.717) is 30.2 Å². The Balaban J connectivity index is 1.42. The van der Waals surface area contributed by atoms with Gasteiger partial charge in [0, 0.05) is 24.7 Å². The summed E-state index contributed by atoms with van der Waals surface area (Å²) in [6.07, 6.45) is 4.14. The number of methoxy groups -OCH3 is 1. The summed E-state index contributed by atoms with van der Waals surface area (Å²) < 4.78 is 13.1. The monoisotopic (exact) mass is 390 g/mol. The van der Waals surface area contributed by atoms with Crippen LogP contribution in [-0.2, 0) is 6.42 Å². The lowest BCUT2D eigenvalue weighted by Gasteiger charge is -2.11. The molecule has 0 radical (unpaired) electrons. The molecule has 7 heteroatoms. The van der Waals surface area contributed by atoms with E-state index in [1.54, 1.807) is 25.6 Å². The van der Waals surface area contributed by atoms with Crippen molar-refractivity contribution in [2.24, 2.45) is 0 Å². The van der Waals surface area contributed by atoms with E-state index in [1.165, 1.54) is 0 Å². The molecule has 29 heavy (non-hydrogen) atoms. The number of hydrogen-bond acceptors (Lipinski definition) is 5. The third-order valence-electron chi connectivity index (χ3n) is 4.64. The average molecular weight is 390 g/mol. The molecule has 4 aromatic rings. The van der Waals surface area contributed by atoms with Gasteiger partial charge < -0.3 is 19.0 Å². The van der Waals surface area contributed by atoms with Gasteiger partial charge >= 0.3 is 0 Å². The van der Waals surface area contributed by atoms with E-state index in [4.69, 9.17) is 9.15 Å². The van der Waals surface area contributed by atoms with E-state index < -0.39 is 0 Å². The second kappa shape index (κ2) is 7.79. The number of nitrogens with one attached hydrogen (secondary N) is 1. The molecule has 4 rings (SSSR count). The smallest absolute Gasteiger partial charge is 0.251 e. The lowest BCUT2D eigenvalue weighted by molar-refractivity contribution is 0.0953. The molecule has 2 aromatic heterocycles. The van der Waals surface area contributed by atoms with Gasteiger partial charge in [0.05, 0.1) is 24.8 Å². The van der Waals surface area contributed by atoms with E-state index in [1.807, 2.05) is 48.9 Å². The predicted octanol–water partition coefficient (Wildman–Crippen LogP) is 3.61. The molecule has 2 heterocycles. The third-order valence-corrected chi connectivity index (χ3v) is 4.64. The van der Waals surface area contributed by atoms with Gasteiger partial charge in [0.2, 0.25) is 0 Å². The van der Waals surface area contributed by atoms with Crippen molar-refractivity contribution in [3.63, 3.8) is 0 Å². The number of aryl methyl sites for hydroxylation is 2. The maximum Gasteiger partial charge on any atom is 0.251 e. The molecule has 0 fully saturated rings. The van der Waals surface area contributed by atoms with Crippen LogP contribution in [0, 0.1) is 13.8 Å². The highest BCUT2D eigenvalue weighted by Crippen LogP contribution is 2.24. The van der Waals surface area contributed by atoms with Crippen LogP contribution in [0.25, 0.3) is 16.8 Å². The van der Waals surface area contributed by atoms with Crippen molar-refractivity contribution < 1.29 is 13.9 Å². The summed E-state index contributed by atoms with van der Waals surface area (Å²) in [5.41, 5.74) is 4.98. The minimum atomic E-state index is -0.177. The Morgan fingerprint density at radius 1 is 1.21 bits per heavy atom. The molecule has 7 nitrogen and oxygen atoms in total. The van der Waals surface area contributed by atoms with Crippen LogP contribution in [0.3, 0.4) is 0 Å². The normalized spacial score (nSPS) is 11.0. The van der Waals surface area contributed by atoms with Crippen molar-refractivity contribution >= 4 is 17.0 Å². The molecular formula is C22H22N4O3. The summed E-state index contributed by atoms with van der Waals surface area (Å²) in [5, 5.41) is 2.90. The minimum Gasteiger partial charge on any atom is -0.495 e. The highest BCUT2D eigenvalue weighted by Gasteiger charge is 2.12. The Hall–Kier alpha value is -3.61. The van der Waals surface area contributed by atoms with Crippen LogP contribution in [-0.4, -0.2) is 34.1 Å². The largest absolute Gasteiger partial charge is 0.495 e. The maximum absolute atomic E-state index is 12.5. The Kier molecular flexibility index (Phi) is 5.03. The molecule has 0 spiro atoms. The van der Waals surface area contributed by atoms with E-state index in [9.17, 15) is 4.79 Å². The molecule has 148 valence electrons. The van der Waals surface area contributed by atoms with Crippen molar-refractivity contribution in [3.05, 3.63) is 71.6 Å². The van der Waals surface area contributed by atoms with Crippen LogP contribution in [0.5, 0.6) is 5.75 Å². The predicted molar refractivity (Wildman–Crippen MR) is 110 cm³/mol. The quantitative estimate of drug-likeness (QED) is 0.544. The van der Waals surface area contributed by atoms with Gasteiger partial charge in [-0.2, -0.15) is 0 Å². The molecule has 1 N–H and O–H groups in total. The van der Waals surface area contributed by atoms with Gasteiger partial charge in [0.1, 0.15) is 11.3 Å². The molecule has 0 saturated heterocycles. The second-order valence-electron chi connectivity index (χ2n) is 6.89. The molecular weight excluding hydrogens is 368 g/mol. The number of benzene rings is 2. The van der Waals surface area contributed by atoms with E-state index in [2.05, 4.69) is 15.3 Å². The fraction of sp³-hybridized carbons (Fsp3) is 0.227. The average Bonchev–Trinajstić information content (AvgIpc) is 3.32. The number of imidazole rings is 1. The lowest BCUT2D eigenvalue weighted by atomic mass is 10.1. The number of nitrogens with zero attached hydrogens (tertiary/aromatic N) is 3. The Morgan fingerprint density at radius 3 is 2.83 bits per heavy atom. The number of amides is 1. The van der Waals surface area contributed by atoms with Crippen LogP contribution in [0.4, 0.5) is 0 Å². The molecule has 0 bridgehead atoms. The van der Waals surface area contributed by atoms with Gasteiger partial charge in [-0.3, -0.25) is 4.79 Å². The molecule has 0 aliphatic heterocycles. The van der Waals surface area contributed by atoms with Crippen LogP contribution < -0.4 is 10.1 Å². The topological polar surface area (TPSA) is 82.2 Å². The fourth-order valence-electron chi connectivity index (χ4n) is 3.16. The number of ether oxygens (including phenoxy) is 1. The summed E-state index contributed by atoms with van der Waals surface area (Å²) in [6.45, 7) is 4.36. The third kappa shape index (κ3) is 3.99. The maximum atomic E-state index is 12.5. The Labute approximate surface area is 168 Å². The first-order valence-corrected chi connectivity index (χ1v) is 9.37. The first kappa shape index (κ1) is 18.7.